The number of hydrogen-bond donors (Lipinski definition) is 2. The standard InChI is InChI=1S/C10H13N3O2/c11-12-8-13(7-10(14)15)6-9-4-2-1-3-5-9/h1-5,8H,6-7,11H2,(H,14,15)/b12-8+. The lowest BCUT2D eigenvalue weighted by Crippen LogP contribution is -2.28. The Bertz CT molecular complexity index is 338. The van der Waals surface area contributed by atoms with E-state index in [0.29, 0.717) is 6.54 Å². The van der Waals surface area contributed by atoms with Crippen molar-refractivity contribution >= 4 is 12.3 Å². The molecule has 0 radical (unpaired) electrons. The molecule has 5 heteroatoms. The Labute approximate surface area is 87.8 Å². The predicted molar refractivity (Wildman–Crippen MR) is 57.2 cm³/mol. The van der Waals surface area contributed by atoms with Crippen molar-refractivity contribution in [1.82, 2.24) is 4.90 Å². The maximum absolute atomic E-state index is 10.5. The number of nitrogens with two attached hydrogens (primary N) is 1. The fourth-order valence-corrected chi connectivity index (χ4v) is 1.22. The van der Waals surface area contributed by atoms with Crippen LogP contribution in [0.2, 0.25) is 0 Å². The molecule has 0 heterocycles. The van der Waals surface area contributed by atoms with Crippen molar-refractivity contribution in [1.29, 1.82) is 0 Å². The second-order valence-electron chi connectivity index (χ2n) is 3.05. The Balaban J connectivity index is 2.62. The lowest BCUT2D eigenvalue weighted by molar-refractivity contribution is -0.137. The molecule has 0 aromatic heterocycles. The molecular weight excluding hydrogens is 194 g/mol. The Kier molecular flexibility index (Phi) is 4.15. The van der Waals surface area contributed by atoms with E-state index in [4.69, 9.17) is 10.9 Å². The molecule has 0 amide bonds. The highest BCUT2D eigenvalue weighted by molar-refractivity contribution is 5.72. The van der Waals surface area contributed by atoms with Gasteiger partial charge in [-0.05, 0) is 5.56 Å². The number of carboxylic acid groups (broad SMARTS) is 1. The van der Waals surface area contributed by atoms with Crippen LogP contribution >= 0.6 is 0 Å². The van der Waals surface area contributed by atoms with Crippen LogP contribution in [0.4, 0.5) is 0 Å². The zero-order chi connectivity index (χ0) is 11.1. The van der Waals surface area contributed by atoms with Gasteiger partial charge in [0.05, 0.1) is 0 Å². The molecule has 5 nitrogen and oxygen atoms in total. The van der Waals surface area contributed by atoms with Crippen LogP contribution in [0.3, 0.4) is 0 Å². The Morgan fingerprint density at radius 2 is 2.13 bits per heavy atom. The molecule has 15 heavy (non-hydrogen) atoms. The van der Waals surface area contributed by atoms with Gasteiger partial charge in [-0.1, -0.05) is 30.3 Å². The van der Waals surface area contributed by atoms with E-state index in [0.717, 1.165) is 5.56 Å². The van der Waals surface area contributed by atoms with Gasteiger partial charge in [-0.3, -0.25) is 4.79 Å². The number of hydrogen-bond acceptors (Lipinski definition) is 3. The molecule has 0 unspecified atom stereocenters. The fourth-order valence-electron chi connectivity index (χ4n) is 1.22. The molecule has 3 N–H and O–H groups in total. The van der Waals surface area contributed by atoms with Crippen LogP contribution in [0, 0.1) is 0 Å². The molecule has 0 saturated heterocycles. The molecule has 1 aromatic rings. The van der Waals surface area contributed by atoms with Gasteiger partial charge in [0.15, 0.2) is 0 Å². The molecule has 0 fully saturated rings. The first-order chi connectivity index (χ1) is 7.22. The monoisotopic (exact) mass is 207 g/mol. The zero-order valence-corrected chi connectivity index (χ0v) is 8.21. The molecule has 0 saturated carbocycles. The summed E-state index contributed by atoms with van der Waals surface area (Å²) in [5.74, 6) is 4.08. The smallest absolute Gasteiger partial charge is 0.323 e. The zero-order valence-electron chi connectivity index (χ0n) is 8.21. The molecule has 0 aliphatic heterocycles. The van der Waals surface area contributed by atoms with E-state index >= 15 is 0 Å². The average molecular weight is 207 g/mol. The number of nitrogens with zero attached hydrogens (tertiary/aromatic N) is 2. The summed E-state index contributed by atoms with van der Waals surface area (Å²) in [4.78, 5) is 12.1. The molecule has 0 atom stereocenters. The Hall–Kier alpha value is -2.04. The highest BCUT2D eigenvalue weighted by Gasteiger charge is 2.06. The summed E-state index contributed by atoms with van der Waals surface area (Å²) >= 11 is 0. The van der Waals surface area contributed by atoms with Crippen molar-refractivity contribution in [3.8, 4) is 0 Å². The summed E-state index contributed by atoms with van der Waals surface area (Å²) < 4.78 is 0. The van der Waals surface area contributed by atoms with Crippen LogP contribution in [0.5, 0.6) is 0 Å². The van der Waals surface area contributed by atoms with Gasteiger partial charge in [-0.2, -0.15) is 5.10 Å². The fraction of sp³-hybridized carbons (Fsp3) is 0.200. The van der Waals surface area contributed by atoms with E-state index in [2.05, 4.69) is 5.10 Å². The molecule has 0 aliphatic rings. The molecule has 1 rings (SSSR count). The van der Waals surface area contributed by atoms with Crippen LogP contribution in [-0.4, -0.2) is 28.9 Å². The molecule has 0 spiro atoms. The summed E-state index contributed by atoms with van der Waals surface area (Å²) in [6.07, 6.45) is 1.32. The van der Waals surface area contributed by atoms with Crippen molar-refractivity contribution in [2.45, 2.75) is 6.54 Å². The number of benzene rings is 1. The Morgan fingerprint density at radius 1 is 1.47 bits per heavy atom. The first-order valence-electron chi connectivity index (χ1n) is 4.45. The average Bonchev–Trinajstić information content (AvgIpc) is 2.18. The summed E-state index contributed by atoms with van der Waals surface area (Å²) in [7, 11) is 0. The first kappa shape index (κ1) is 11.0. The normalized spacial score (nSPS) is 10.4. The van der Waals surface area contributed by atoms with Gasteiger partial charge in [-0.25, -0.2) is 0 Å². The minimum Gasteiger partial charge on any atom is -0.480 e. The topological polar surface area (TPSA) is 78.9 Å². The lowest BCUT2D eigenvalue weighted by atomic mass is 10.2. The van der Waals surface area contributed by atoms with Crippen LogP contribution in [0.1, 0.15) is 5.56 Å². The van der Waals surface area contributed by atoms with Crippen LogP contribution in [0.25, 0.3) is 0 Å². The van der Waals surface area contributed by atoms with Crippen LogP contribution < -0.4 is 5.84 Å². The minimum absolute atomic E-state index is 0.115. The third-order valence-corrected chi connectivity index (χ3v) is 1.80. The van der Waals surface area contributed by atoms with Gasteiger partial charge in [0, 0.05) is 6.54 Å². The molecule has 0 aliphatic carbocycles. The van der Waals surface area contributed by atoms with Gasteiger partial charge in [0.1, 0.15) is 12.9 Å². The quantitative estimate of drug-likeness (QED) is 0.318. The SMILES string of the molecule is N/N=C/N(CC(=O)O)Cc1ccccc1. The van der Waals surface area contributed by atoms with E-state index in [1.165, 1.54) is 11.2 Å². The van der Waals surface area contributed by atoms with Crippen LogP contribution in [-0.2, 0) is 11.3 Å². The van der Waals surface area contributed by atoms with Crippen molar-refractivity contribution in [3.05, 3.63) is 35.9 Å². The second kappa shape index (κ2) is 5.64. The minimum atomic E-state index is -0.911. The highest BCUT2D eigenvalue weighted by atomic mass is 16.4. The third kappa shape index (κ3) is 4.12. The second-order valence-corrected chi connectivity index (χ2v) is 3.05. The number of carbonyl (C=O) groups is 1. The first-order valence-corrected chi connectivity index (χ1v) is 4.45. The van der Waals surface area contributed by atoms with E-state index in [1.807, 2.05) is 30.3 Å². The van der Waals surface area contributed by atoms with Gasteiger partial charge in [-0.15, -0.1) is 0 Å². The predicted octanol–water partition coefficient (Wildman–Crippen LogP) is 0.475. The molecule has 0 bridgehead atoms. The number of aliphatic carboxylic acids is 1. The maximum Gasteiger partial charge on any atom is 0.323 e. The summed E-state index contributed by atoms with van der Waals surface area (Å²) in [6, 6.07) is 9.53. The van der Waals surface area contributed by atoms with E-state index < -0.39 is 5.97 Å². The van der Waals surface area contributed by atoms with Crippen molar-refractivity contribution in [2.75, 3.05) is 6.54 Å². The van der Waals surface area contributed by atoms with Gasteiger partial charge >= 0.3 is 5.97 Å². The van der Waals surface area contributed by atoms with Crippen LogP contribution in [0.15, 0.2) is 35.4 Å². The van der Waals surface area contributed by atoms with Crippen molar-refractivity contribution in [3.63, 3.8) is 0 Å². The number of carboxylic acids is 1. The molecular formula is C10H13N3O2. The third-order valence-electron chi connectivity index (χ3n) is 1.80. The lowest BCUT2D eigenvalue weighted by Gasteiger charge is -2.16. The van der Waals surface area contributed by atoms with Gasteiger partial charge < -0.3 is 15.8 Å². The van der Waals surface area contributed by atoms with Gasteiger partial charge in [0.2, 0.25) is 0 Å². The number of hydrazone groups is 1. The maximum atomic E-state index is 10.5. The largest absolute Gasteiger partial charge is 0.480 e. The van der Waals surface area contributed by atoms with Gasteiger partial charge in [0.25, 0.3) is 0 Å². The summed E-state index contributed by atoms with van der Waals surface area (Å²) in [5.41, 5.74) is 1.01. The van der Waals surface area contributed by atoms with Crippen molar-refractivity contribution in [2.24, 2.45) is 10.9 Å². The Morgan fingerprint density at radius 3 is 2.67 bits per heavy atom. The molecule has 80 valence electrons. The summed E-state index contributed by atoms with van der Waals surface area (Å²) in [5, 5.41) is 12.0. The summed E-state index contributed by atoms with van der Waals surface area (Å²) in [6.45, 7) is 0.365. The van der Waals surface area contributed by atoms with E-state index in [-0.39, 0.29) is 6.54 Å². The highest BCUT2D eigenvalue weighted by Crippen LogP contribution is 2.02. The number of rotatable bonds is 5. The molecule has 1 aromatic carbocycles. The van der Waals surface area contributed by atoms with E-state index in [9.17, 15) is 4.79 Å². The van der Waals surface area contributed by atoms with E-state index in [1.54, 1.807) is 0 Å². The van der Waals surface area contributed by atoms with Crippen molar-refractivity contribution < 1.29 is 9.90 Å².